The Morgan fingerprint density at radius 1 is 1.32 bits per heavy atom. The van der Waals surface area contributed by atoms with Crippen LogP contribution < -0.4 is 16.0 Å². The van der Waals surface area contributed by atoms with Crippen molar-refractivity contribution in [2.45, 2.75) is 26.0 Å². The van der Waals surface area contributed by atoms with Gasteiger partial charge in [0.05, 0.1) is 30.2 Å². The van der Waals surface area contributed by atoms with Crippen LogP contribution in [0.4, 0.5) is 5.69 Å². The van der Waals surface area contributed by atoms with Gasteiger partial charge >= 0.3 is 0 Å². The maximum Gasteiger partial charge on any atom is 0.253 e. The molecule has 0 bridgehead atoms. The van der Waals surface area contributed by atoms with Crippen LogP contribution in [0.1, 0.15) is 34.5 Å². The van der Waals surface area contributed by atoms with Crippen molar-refractivity contribution in [1.82, 2.24) is 20.9 Å². The van der Waals surface area contributed by atoms with E-state index in [2.05, 4.69) is 25.9 Å². The molecule has 1 aliphatic heterocycles. The summed E-state index contributed by atoms with van der Waals surface area (Å²) < 4.78 is 5.67. The first-order valence-electron chi connectivity index (χ1n) is 10.6. The number of piperidine rings is 1. The molecule has 0 unspecified atom stereocenters. The van der Waals surface area contributed by atoms with E-state index in [1.54, 1.807) is 25.5 Å². The first kappa shape index (κ1) is 23.3. The predicted octanol–water partition coefficient (Wildman–Crippen LogP) is 3.10. The molecule has 1 aliphatic rings. The van der Waals surface area contributed by atoms with Crippen molar-refractivity contribution in [2.24, 2.45) is 10.9 Å². The third kappa shape index (κ3) is 7.11. The van der Waals surface area contributed by atoms with E-state index in [0.717, 1.165) is 30.9 Å². The molecule has 2 aromatic rings. The molecular weight excluding hydrogens is 414 g/mol. The summed E-state index contributed by atoms with van der Waals surface area (Å²) in [7, 11) is 1.61. The van der Waals surface area contributed by atoms with Gasteiger partial charge in [-0.1, -0.05) is 29.8 Å². The van der Waals surface area contributed by atoms with Crippen molar-refractivity contribution >= 4 is 29.4 Å². The summed E-state index contributed by atoms with van der Waals surface area (Å²) in [6, 6.07) is 9.26. The number of pyridine rings is 1. The van der Waals surface area contributed by atoms with Gasteiger partial charge in [0, 0.05) is 31.0 Å². The summed E-state index contributed by atoms with van der Waals surface area (Å²) in [4.78, 5) is 21.3. The van der Waals surface area contributed by atoms with Crippen LogP contribution in [-0.2, 0) is 17.9 Å². The molecule has 1 aromatic carbocycles. The average molecular weight is 444 g/mol. The minimum atomic E-state index is -0.189. The number of rotatable bonds is 10. The van der Waals surface area contributed by atoms with Crippen LogP contribution in [0.3, 0.4) is 0 Å². The maximum atomic E-state index is 12.3. The van der Waals surface area contributed by atoms with Gasteiger partial charge in [0.2, 0.25) is 0 Å². The molecular formula is C23H30ClN5O2. The van der Waals surface area contributed by atoms with Crippen molar-refractivity contribution in [3.8, 4) is 0 Å². The number of halogens is 1. The fourth-order valence-electron chi connectivity index (χ4n) is 3.53. The van der Waals surface area contributed by atoms with Crippen molar-refractivity contribution in [3.05, 3.63) is 58.4 Å². The molecule has 0 atom stereocenters. The first-order valence-corrected chi connectivity index (χ1v) is 11.0. The molecule has 1 amide bonds. The van der Waals surface area contributed by atoms with E-state index < -0.39 is 0 Å². The van der Waals surface area contributed by atoms with Crippen molar-refractivity contribution < 1.29 is 9.53 Å². The molecule has 1 aromatic heterocycles. The fraction of sp³-hybridized carbons (Fsp3) is 0.435. The van der Waals surface area contributed by atoms with Gasteiger partial charge in [-0.2, -0.15) is 0 Å². The van der Waals surface area contributed by atoms with Crippen molar-refractivity contribution in [1.29, 1.82) is 0 Å². The molecule has 1 fully saturated rings. The van der Waals surface area contributed by atoms with Gasteiger partial charge < -0.3 is 20.7 Å². The lowest BCUT2D eigenvalue weighted by Gasteiger charge is -2.22. The van der Waals surface area contributed by atoms with Gasteiger partial charge in [0.15, 0.2) is 0 Å². The third-order valence-corrected chi connectivity index (χ3v) is 5.65. The van der Waals surface area contributed by atoms with Gasteiger partial charge in [0.25, 0.3) is 5.91 Å². The van der Waals surface area contributed by atoms with E-state index in [9.17, 15) is 4.79 Å². The Kier molecular flexibility index (Phi) is 9.42. The number of nitrogens with one attached hydrogen (secondary N) is 3. The summed E-state index contributed by atoms with van der Waals surface area (Å²) in [5.41, 5.74) is 2.74. The molecule has 0 saturated carbocycles. The predicted molar refractivity (Wildman–Crippen MR) is 124 cm³/mol. The van der Waals surface area contributed by atoms with E-state index in [4.69, 9.17) is 16.3 Å². The highest BCUT2D eigenvalue weighted by Gasteiger charge is 2.16. The molecule has 0 spiro atoms. The monoisotopic (exact) mass is 443 g/mol. The first-order chi connectivity index (χ1) is 15.2. The van der Waals surface area contributed by atoms with Crippen LogP contribution in [0.5, 0.6) is 0 Å². The number of aromatic nitrogens is 1. The number of carbonyl (C=O) groups is 1. The Morgan fingerprint density at radius 2 is 2.13 bits per heavy atom. The smallest absolute Gasteiger partial charge is 0.253 e. The Balaban J connectivity index is 1.62. The minimum absolute atomic E-state index is 0.189. The molecule has 0 aliphatic carbocycles. The SMILES string of the molecule is CNC(=O)c1ccnc(CNCC2CCNCC2)c1N=CCOCc1ccccc1Cl. The second-order valence-electron chi connectivity index (χ2n) is 7.48. The normalized spacial score (nSPS) is 14.8. The summed E-state index contributed by atoms with van der Waals surface area (Å²) in [5, 5.41) is 10.2. The van der Waals surface area contributed by atoms with Gasteiger partial charge in [-0.3, -0.25) is 14.8 Å². The van der Waals surface area contributed by atoms with E-state index in [1.807, 2.05) is 24.3 Å². The zero-order chi connectivity index (χ0) is 21.9. The van der Waals surface area contributed by atoms with E-state index in [1.165, 1.54) is 12.8 Å². The summed E-state index contributed by atoms with van der Waals surface area (Å²) in [6.45, 7) is 4.32. The van der Waals surface area contributed by atoms with Crippen molar-refractivity contribution in [3.63, 3.8) is 0 Å². The number of hydrogen-bond acceptors (Lipinski definition) is 6. The second-order valence-corrected chi connectivity index (χ2v) is 7.88. The van der Waals surface area contributed by atoms with Crippen LogP contribution in [0.15, 0.2) is 41.5 Å². The highest BCUT2D eigenvalue weighted by atomic mass is 35.5. The van der Waals surface area contributed by atoms with Crippen LogP contribution >= 0.6 is 11.6 Å². The molecule has 3 rings (SSSR count). The molecule has 7 nitrogen and oxygen atoms in total. The number of benzene rings is 1. The third-order valence-electron chi connectivity index (χ3n) is 5.28. The van der Waals surface area contributed by atoms with Gasteiger partial charge in [0.1, 0.15) is 0 Å². The van der Waals surface area contributed by atoms with Crippen molar-refractivity contribution in [2.75, 3.05) is 33.3 Å². The minimum Gasteiger partial charge on any atom is -0.371 e. The number of carbonyl (C=O) groups excluding carboxylic acids is 1. The number of hydrogen-bond donors (Lipinski definition) is 3. The molecule has 0 radical (unpaired) electrons. The lowest BCUT2D eigenvalue weighted by Crippen LogP contribution is -2.33. The largest absolute Gasteiger partial charge is 0.371 e. The Bertz CT molecular complexity index is 884. The standard InChI is InChI=1S/C23H30ClN5O2/c1-25-23(30)19-8-11-28-21(15-27-14-17-6-9-26-10-7-17)22(19)29-12-13-31-16-18-4-2-3-5-20(18)24/h2-5,8,11-12,17,26-27H,6-7,9-10,13-16H2,1H3,(H,25,30). The van der Waals surface area contributed by atoms with Crippen LogP contribution in [0.25, 0.3) is 0 Å². The zero-order valence-corrected chi connectivity index (χ0v) is 18.6. The van der Waals surface area contributed by atoms with Crippen LogP contribution in [-0.4, -0.2) is 50.4 Å². The Morgan fingerprint density at radius 3 is 2.90 bits per heavy atom. The molecule has 8 heteroatoms. The topological polar surface area (TPSA) is 87.6 Å². The van der Waals surface area contributed by atoms with Gasteiger partial charge in [-0.25, -0.2) is 0 Å². The zero-order valence-electron chi connectivity index (χ0n) is 17.9. The number of amides is 1. The molecule has 166 valence electrons. The summed E-state index contributed by atoms with van der Waals surface area (Å²) in [6.07, 6.45) is 5.66. The highest BCUT2D eigenvalue weighted by molar-refractivity contribution is 6.31. The number of nitrogens with zero attached hydrogens (tertiary/aromatic N) is 2. The highest BCUT2D eigenvalue weighted by Crippen LogP contribution is 2.23. The Labute approximate surface area is 188 Å². The fourth-order valence-corrected chi connectivity index (χ4v) is 3.73. The molecule has 31 heavy (non-hydrogen) atoms. The molecule has 3 N–H and O–H groups in total. The molecule has 2 heterocycles. The van der Waals surface area contributed by atoms with Gasteiger partial charge in [-0.15, -0.1) is 0 Å². The van der Waals surface area contributed by atoms with Crippen LogP contribution in [0, 0.1) is 5.92 Å². The average Bonchev–Trinajstić information content (AvgIpc) is 2.80. The number of ether oxygens (including phenoxy) is 1. The lowest BCUT2D eigenvalue weighted by atomic mass is 9.98. The molecule has 1 saturated heterocycles. The van der Waals surface area contributed by atoms with E-state index in [0.29, 0.717) is 41.9 Å². The number of aliphatic imine (C=N–C) groups is 1. The Hall–Kier alpha value is -2.32. The maximum absolute atomic E-state index is 12.3. The quantitative estimate of drug-likeness (QED) is 0.388. The van der Waals surface area contributed by atoms with E-state index in [-0.39, 0.29) is 5.91 Å². The van der Waals surface area contributed by atoms with Gasteiger partial charge in [-0.05, 0) is 56.1 Å². The summed E-state index contributed by atoms with van der Waals surface area (Å²) in [5.74, 6) is 0.472. The lowest BCUT2D eigenvalue weighted by molar-refractivity contribution is 0.0963. The summed E-state index contributed by atoms with van der Waals surface area (Å²) >= 11 is 6.15. The van der Waals surface area contributed by atoms with Crippen LogP contribution in [0.2, 0.25) is 5.02 Å². The van der Waals surface area contributed by atoms with E-state index >= 15 is 0 Å². The second kappa shape index (κ2) is 12.5.